The molecule has 0 unspecified atom stereocenters. The molecule has 0 amide bonds. The molecule has 0 aliphatic carbocycles. The minimum atomic E-state index is -0.281. The molecular formula is C14H20FNO2. The lowest BCUT2D eigenvalue weighted by molar-refractivity contribution is 0.0240. The summed E-state index contributed by atoms with van der Waals surface area (Å²) in [4.78, 5) is 0. The van der Waals surface area contributed by atoms with Crippen LogP contribution in [0.25, 0.3) is 0 Å². The second kappa shape index (κ2) is 6.71. The molecule has 0 radical (unpaired) electrons. The van der Waals surface area contributed by atoms with Gasteiger partial charge < -0.3 is 15.2 Å². The molecule has 1 aromatic rings. The van der Waals surface area contributed by atoms with Crippen molar-refractivity contribution in [2.75, 3.05) is 19.8 Å². The van der Waals surface area contributed by atoms with Crippen molar-refractivity contribution in [3.05, 3.63) is 29.6 Å². The molecule has 1 saturated heterocycles. The Bertz CT molecular complexity index is 378. The number of hydrogen-bond donors (Lipinski definition) is 1. The average Bonchev–Trinajstić information content (AvgIpc) is 2.40. The molecule has 0 atom stereocenters. The number of ether oxygens (including phenoxy) is 2. The van der Waals surface area contributed by atoms with Crippen LogP contribution in [0.1, 0.15) is 24.8 Å². The highest BCUT2D eigenvalue weighted by molar-refractivity contribution is 5.29. The molecule has 100 valence electrons. The maximum absolute atomic E-state index is 13.8. The molecule has 2 rings (SSSR count). The van der Waals surface area contributed by atoms with Crippen molar-refractivity contribution >= 4 is 0 Å². The highest BCUT2D eigenvalue weighted by atomic mass is 19.1. The van der Waals surface area contributed by atoms with E-state index in [1.807, 2.05) is 6.07 Å². The molecule has 4 heteroatoms. The summed E-state index contributed by atoms with van der Waals surface area (Å²) >= 11 is 0. The molecule has 1 aliphatic heterocycles. The second-order valence-corrected chi connectivity index (χ2v) is 4.59. The van der Waals surface area contributed by atoms with E-state index in [1.54, 1.807) is 12.1 Å². The fourth-order valence-corrected chi connectivity index (χ4v) is 2.07. The molecular weight excluding hydrogens is 233 g/mol. The molecule has 1 aromatic carbocycles. The van der Waals surface area contributed by atoms with Crippen molar-refractivity contribution < 1.29 is 13.9 Å². The topological polar surface area (TPSA) is 44.5 Å². The van der Waals surface area contributed by atoms with Crippen molar-refractivity contribution in [3.8, 4) is 5.75 Å². The monoisotopic (exact) mass is 253 g/mol. The lowest BCUT2D eigenvalue weighted by Gasteiger charge is -2.23. The molecule has 3 nitrogen and oxygen atoms in total. The summed E-state index contributed by atoms with van der Waals surface area (Å²) in [6.07, 6.45) is 3.41. The molecule has 1 heterocycles. The van der Waals surface area contributed by atoms with Crippen molar-refractivity contribution in [2.24, 2.45) is 5.73 Å². The second-order valence-electron chi connectivity index (χ2n) is 4.59. The maximum Gasteiger partial charge on any atom is 0.165 e. The van der Waals surface area contributed by atoms with Gasteiger partial charge in [-0.15, -0.1) is 0 Å². The highest BCUT2D eigenvalue weighted by Crippen LogP contribution is 2.23. The Morgan fingerprint density at radius 1 is 1.33 bits per heavy atom. The molecule has 1 aliphatic rings. The fraction of sp³-hybridized carbons (Fsp3) is 0.571. The minimum Gasteiger partial charge on any atom is -0.487 e. The maximum atomic E-state index is 13.8. The Kier molecular flexibility index (Phi) is 4.96. The molecule has 0 bridgehead atoms. The number of hydrogen-bond acceptors (Lipinski definition) is 3. The van der Waals surface area contributed by atoms with Crippen LogP contribution in [0.2, 0.25) is 0 Å². The largest absolute Gasteiger partial charge is 0.487 e. The van der Waals surface area contributed by atoms with Gasteiger partial charge in [-0.1, -0.05) is 6.07 Å². The SMILES string of the molecule is NCCCc1ccc(OC2CCOCC2)c(F)c1. The van der Waals surface area contributed by atoms with Gasteiger partial charge in [-0.25, -0.2) is 4.39 Å². The number of rotatable bonds is 5. The first-order valence-electron chi connectivity index (χ1n) is 6.52. The van der Waals surface area contributed by atoms with Gasteiger partial charge in [0.25, 0.3) is 0 Å². The van der Waals surface area contributed by atoms with E-state index in [2.05, 4.69) is 0 Å². The molecule has 0 aromatic heterocycles. The molecule has 1 fully saturated rings. The van der Waals surface area contributed by atoms with E-state index in [4.69, 9.17) is 15.2 Å². The standard InChI is InChI=1S/C14H20FNO2/c15-13-10-11(2-1-7-16)3-4-14(13)18-12-5-8-17-9-6-12/h3-4,10,12H,1-2,5-9,16H2. The lowest BCUT2D eigenvalue weighted by atomic mass is 10.1. The summed E-state index contributed by atoms with van der Waals surface area (Å²) in [6.45, 7) is 2.02. The van der Waals surface area contributed by atoms with Gasteiger partial charge in [0.05, 0.1) is 13.2 Å². The Hall–Kier alpha value is -1.13. The van der Waals surface area contributed by atoms with Gasteiger partial charge in [0.1, 0.15) is 6.10 Å². The zero-order chi connectivity index (χ0) is 12.8. The van der Waals surface area contributed by atoms with Crippen LogP contribution in [0.15, 0.2) is 18.2 Å². The van der Waals surface area contributed by atoms with E-state index in [0.29, 0.717) is 25.5 Å². The minimum absolute atomic E-state index is 0.0724. The van der Waals surface area contributed by atoms with Crippen LogP contribution in [0.3, 0.4) is 0 Å². The van der Waals surface area contributed by atoms with E-state index >= 15 is 0 Å². The summed E-state index contributed by atoms with van der Waals surface area (Å²) in [5, 5.41) is 0. The van der Waals surface area contributed by atoms with Crippen LogP contribution >= 0.6 is 0 Å². The van der Waals surface area contributed by atoms with Crippen LogP contribution in [0.4, 0.5) is 4.39 Å². The van der Waals surface area contributed by atoms with Gasteiger partial charge in [0.15, 0.2) is 11.6 Å². The molecule has 2 N–H and O–H groups in total. The first-order chi connectivity index (χ1) is 8.79. The van der Waals surface area contributed by atoms with Gasteiger partial charge in [0.2, 0.25) is 0 Å². The Balaban J connectivity index is 1.95. The summed E-state index contributed by atoms with van der Waals surface area (Å²) < 4.78 is 24.8. The quantitative estimate of drug-likeness (QED) is 0.875. The zero-order valence-electron chi connectivity index (χ0n) is 10.5. The van der Waals surface area contributed by atoms with Gasteiger partial charge in [0, 0.05) is 12.8 Å². The predicted molar refractivity (Wildman–Crippen MR) is 68.2 cm³/mol. The molecule has 18 heavy (non-hydrogen) atoms. The first kappa shape index (κ1) is 13.3. The van der Waals surface area contributed by atoms with Crippen LogP contribution in [-0.2, 0) is 11.2 Å². The smallest absolute Gasteiger partial charge is 0.165 e. The van der Waals surface area contributed by atoms with Crippen LogP contribution in [0.5, 0.6) is 5.75 Å². The summed E-state index contributed by atoms with van der Waals surface area (Å²) in [7, 11) is 0. The number of aryl methyl sites for hydroxylation is 1. The summed E-state index contributed by atoms with van der Waals surface area (Å²) in [6, 6.07) is 5.17. The lowest BCUT2D eigenvalue weighted by Crippen LogP contribution is -2.26. The van der Waals surface area contributed by atoms with Crippen molar-refractivity contribution in [3.63, 3.8) is 0 Å². The number of benzene rings is 1. The van der Waals surface area contributed by atoms with Crippen LogP contribution < -0.4 is 10.5 Å². The van der Waals surface area contributed by atoms with Gasteiger partial charge in [-0.05, 0) is 37.1 Å². The Labute approximate surface area is 107 Å². The van der Waals surface area contributed by atoms with Crippen molar-refractivity contribution in [1.29, 1.82) is 0 Å². The normalized spacial score (nSPS) is 16.8. The summed E-state index contributed by atoms with van der Waals surface area (Å²) in [5.41, 5.74) is 6.41. The third kappa shape index (κ3) is 3.68. The molecule has 0 saturated carbocycles. The van der Waals surface area contributed by atoms with Crippen LogP contribution in [0, 0.1) is 5.82 Å². The average molecular weight is 253 g/mol. The summed E-state index contributed by atoms with van der Waals surface area (Å²) in [5.74, 6) is 0.0643. The fourth-order valence-electron chi connectivity index (χ4n) is 2.07. The Morgan fingerprint density at radius 3 is 2.78 bits per heavy atom. The Morgan fingerprint density at radius 2 is 2.11 bits per heavy atom. The van der Waals surface area contributed by atoms with Crippen molar-refractivity contribution in [2.45, 2.75) is 31.8 Å². The van der Waals surface area contributed by atoms with Gasteiger partial charge in [-0.2, -0.15) is 0 Å². The predicted octanol–water partition coefficient (Wildman–Crippen LogP) is 2.27. The zero-order valence-corrected chi connectivity index (χ0v) is 10.5. The first-order valence-corrected chi connectivity index (χ1v) is 6.52. The third-order valence-electron chi connectivity index (χ3n) is 3.13. The molecule has 0 spiro atoms. The van der Waals surface area contributed by atoms with Crippen molar-refractivity contribution in [1.82, 2.24) is 0 Å². The van der Waals surface area contributed by atoms with Gasteiger partial charge in [-0.3, -0.25) is 0 Å². The number of nitrogens with two attached hydrogens (primary N) is 1. The van der Waals surface area contributed by atoms with E-state index < -0.39 is 0 Å². The van der Waals surface area contributed by atoms with E-state index in [0.717, 1.165) is 31.2 Å². The highest BCUT2D eigenvalue weighted by Gasteiger charge is 2.17. The van der Waals surface area contributed by atoms with E-state index in [9.17, 15) is 4.39 Å². The van der Waals surface area contributed by atoms with E-state index in [-0.39, 0.29) is 11.9 Å². The third-order valence-corrected chi connectivity index (χ3v) is 3.13. The number of halogens is 1. The van der Waals surface area contributed by atoms with Gasteiger partial charge >= 0.3 is 0 Å². The van der Waals surface area contributed by atoms with Crippen LogP contribution in [-0.4, -0.2) is 25.9 Å². The van der Waals surface area contributed by atoms with E-state index in [1.165, 1.54) is 0 Å².